The molecule has 8 heteroatoms. The van der Waals surface area contributed by atoms with Crippen molar-refractivity contribution in [1.82, 2.24) is 5.32 Å². The largest absolute Gasteiger partial charge is 0.507 e. The van der Waals surface area contributed by atoms with Crippen LogP contribution in [-0.2, 0) is 20.7 Å². The van der Waals surface area contributed by atoms with Gasteiger partial charge in [0.05, 0.1) is 27.9 Å². The molecular weight excluding hydrogens is 464 g/mol. The zero-order valence-electron chi connectivity index (χ0n) is 21.7. The summed E-state index contributed by atoms with van der Waals surface area (Å²) >= 11 is 0. The van der Waals surface area contributed by atoms with Crippen molar-refractivity contribution in [3.63, 3.8) is 0 Å². The lowest BCUT2D eigenvalue weighted by molar-refractivity contribution is 0.0696. The maximum absolute atomic E-state index is 13.2. The Morgan fingerprint density at radius 3 is 1.77 bits per heavy atom. The Hall–Kier alpha value is -3.15. The zero-order valence-corrected chi connectivity index (χ0v) is 22.5. The first-order valence-electron chi connectivity index (χ1n) is 11.1. The molecule has 0 saturated heterocycles. The van der Waals surface area contributed by atoms with Crippen LogP contribution >= 0.6 is 0 Å². The van der Waals surface area contributed by atoms with Gasteiger partial charge in [0.2, 0.25) is 9.84 Å². The summed E-state index contributed by atoms with van der Waals surface area (Å²) in [5.74, 6) is -0.980. The van der Waals surface area contributed by atoms with Gasteiger partial charge < -0.3 is 15.5 Å². The van der Waals surface area contributed by atoms with E-state index >= 15 is 0 Å². The van der Waals surface area contributed by atoms with Crippen molar-refractivity contribution in [2.24, 2.45) is 0 Å². The average molecular weight is 501 g/mol. The fraction of sp³-hybridized carbons (Fsp3) is 0.407. The van der Waals surface area contributed by atoms with E-state index in [0.29, 0.717) is 16.7 Å². The summed E-state index contributed by atoms with van der Waals surface area (Å²) in [6.07, 6.45) is 1.10. The number of hydrogen-bond donors (Lipinski definition) is 3. The van der Waals surface area contributed by atoms with E-state index in [4.69, 9.17) is 5.11 Å². The minimum absolute atomic E-state index is 0.0297. The van der Waals surface area contributed by atoms with Gasteiger partial charge in [-0.05, 0) is 73.0 Å². The van der Waals surface area contributed by atoms with E-state index in [1.54, 1.807) is 12.1 Å². The first kappa shape index (κ1) is 29.9. The van der Waals surface area contributed by atoms with Crippen molar-refractivity contribution in [1.29, 1.82) is 5.26 Å². The molecule has 0 aliphatic carbocycles. The molecule has 0 heterocycles. The van der Waals surface area contributed by atoms with E-state index in [-0.39, 0.29) is 27.5 Å². The number of benzene rings is 2. The van der Waals surface area contributed by atoms with Gasteiger partial charge >= 0.3 is 5.97 Å². The molecule has 0 atom stereocenters. The van der Waals surface area contributed by atoms with Crippen molar-refractivity contribution in [2.45, 2.75) is 63.7 Å². The molecule has 2 aromatic carbocycles. The average Bonchev–Trinajstić information content (AvgIpc) is 2.73. The highest BCUT2D eigenvalue weighted by Crippen LogP contribution is 2.40. The number of carboxylic acid groups (broad SMARTS) is 1. The molecule has 0 fully saturated rings. The van der Waals surface area contributed by atoms with Gasteiger partial charge in [-0.2, -0.15) is 5.26 Å². The monoisotopic (exact) mass is 500 g/mol. The molecule has 0 spiro atoms. The van der Waals surface area contributed by atoms with Gasteiger partial charge in [-0.3, -0.25) is 0 Å². The normalized spacial score (nSPS) is 12.4. The lowest BCUT2D eigenvalue weighted by Crippen LogP contribution is -2.17. The Morgan fingerprint density at radius 1 is 1.00 bits per heavy atom. The molecule has 0 radical (unpaired) electrons. The smallest absolute Gasteiger partial charge is 0.335 e. The fourth-order valence-corrected chi connectivity index (χ4v) is 4.64. The summed E-state index contributed by atoms with van der Waals surface area (Å²) < 4.78 is 26.4. The Kier molecular flexibility index (Phi) is 9.83. The molecule has 3 N–H and O–H groups in total. The van der Waals surface area contributed by atoms with Gasteiger partial charge in [-0.15, -0.1) is 0 Å². The van der Waals surface area contributed by atoms with E-state index in [1.807, 2.05) is 61.7 Å². The van der Waals surface area contributed by atoms with Gasteiger partial charge in [0, 0.05) is 11.1 Å². The van der Waals surface area contributed by atoms with Crippen LogP contribution in [0.1, 0.15) is 75.0 Å². The minimum atomic E-state index is -4.03. The van der Waals surface area contributed by atoms with Gasteiger partial charge in [0.15, 0.2) is 0 Å². The first-order chi connectivity index (χ1) is 16.0. The molecule has 0 aliphatic heterocycles. The molecule has 0 unspecified atom stereocenters. The van der Waals surface area contributed by atoms with Crippen molar-refractivity contribution >= 4 is 21.9 Å². The van der Waals surface area contributed by atoms with Crippen LogP contribution in [0.3, 0.4) is 0 Å². The van der Waals surface area contributed by atoms with Crippen LogP contribution < -0.4 is 5.32 Å². The molecule has 35 heavy (non-hydrogen) atoms. The minimum Gasteiger partial charge on any atom is -0.507 e. The van der Waals surface area contributed by atoms with Gasteiger partial charge in [0.25, 0.3) is 0 Å². The predicted molar refractivity (Wildman–Crippen MR) is 139 cm³/mol. The summed E-state index contributed by atoms with van der Waals surface area (Å²) in [6.45, 7) is 11.7. The molecule has 0 bridgehead atoms. The number of phenols is 1. The number of carboxylic acids is 1. The number of nitrogens with zero attached hydrogens (tertiary/aromatic N) is 1. The number of aromatic carboxylic acids is 1. The third-order valence-electron chi connectivity index (χ3n) is 5.09. The summed E-state index contributed by atoms with van der Waals surface area (Å²) in [6, 6.07) is 10.3. The highest BCUT2D eigenvalue weighted by molar-refractivity contribution is 7.95. The van der Waals surface area contributed by atoms with Gasteiger partial charge in [-0.25, -0.2) is 13.2 Å². The summed E-state index contributed by atoms with van der Waals surface area (Å²) in [4.78, 5) is 10.9. The maximum atomic E-state index is 13.2. The quantitative estimate of drug-likeness (QED) is 0.511. The molecule has 0 aromatic heterocycles. The van der Waals surface area contributed by atoms with Crippen molar-refractivity contribution in [2.75, 3.05) is 14.1 Å². The standard InChI is InChI=1S/C25H29NO5S.C2H7N/c1-24(2,3)20-14-16(15-21(22(20)27)25(4,5)6)13-19(11-12-26)32(30,31)18-9-7-17(8-10-18)23(28)29;1-3-2/h7-10,13-15,27H,11H2,1-6H3,(H,28,29);3H,1-2H3/b19-13+;. The van der Waals surface area contributed by atoms with E-state index in [2.05, 4.69) is 5.32 Å². The van der Waals surface area contributed by atoms with E-state index in [0.717, 1.165) is 0 Å². The van der Waals surface area contributed by atoms with Crippen LogP contribution in [-0.4, -0.2) is 38.7 Å². The molecule has 0 saturated carbocycles. The highest BCUT2D eigenvalue weighted by atomic mass is 32.2. The van der Waals surface area contributed by atoms with Crippen molar-refractivity contribution < 1.29 is 23.4 Å². The highest BCUT2D eigenvalue weighted by Gasteiger charge is 2.27. The second-order valence-corrected chi connectivity index (χ2v) is 12.2. The number of phenolic OH excluding ortho intramolecular Hbond substituents is 1. The van der Waals surface area contributed by atoms with Crippen LogP contribution in [0, 0.1) is 11.3 Å². The third kappa shape index (κ3) is 7.67. The SMILES string of the molecule is CC(C)(C)c1cc(/C=C(\CC#N)S(=O)(=O)c2ccc(C(=O)O)cc2)cc(C(C)(C)C)c1O.CNC. The number of hydrogen-bond acceptors (Lipinski definition) is 6. The summed E-state index contributed by atoms with van der Waals surface area (Å²) in [7, 11) is -0.277. The van der Waals surface area contributed by atoms with Crippen LogP contribution in [0.5, 0.6) is 5.75 Å². The second kappa shape index (κ2) is 11.5. The second-order valence-electron chi connectivity index (χ2n) is 10.2. The van der Waals surface area contributed by atoms with E-state index < -0.39 is 26.6 Å². The summed E-state index contributed by atoms with van der Waals surface area (Å²) in [5, 5.41) is 32.0. The van der Waals surface area contributed by atoms with Crippen LogP contribution in [0.2, 0.25) is 0 Å². The number of rotatable bonds is 5. The number of nitriles is 1. The molecule has 2 aromatic rings. The number of carbonyl (C=O) groups is 1. The Labute approximate surface area is 209 Å². The number of allylic oxidation sites excluding steroid dienone is 1. The van der Waals surface area contributed by atoms with E-state index in [9.17, 15) is 23.6 Å². The lowest BCUT2D eigenvalue weighted by atomic mass is 9.78. The van der Waals surface area contributed by atoms with Crippen LogP contribution in [0.25, 0.3) is 6.08 Å². The van der Waals surface area contributed by atoms with Crippen LogP contribution in [0.4, 0.5) is 0 Å². The van der Waals surface area contributed by atoms with Crippen LogP contribution in [0.15, 0.2) is 46.2 Å². The first-order valence-corrected chi connectivity index (χ1v) is 12.6. The van der Waals surface area contributed by atoms with Crippen molar-refractivity contribution in [3.8, 4) is 11.8 Å². The lowest BCUT2D eigenvalue weighted by Gasteiger charge is -2.28. The molecule has 2 rings (SSSR count). The summed E-state index contributed by atoms with van der Waals surface area (Å²) in [5.41, 5.74) is 1.10. The zero-order chi connectivity index (χ0) is 27.2. The maximum Gasteiger partial charge on any atom is 0.335 e. The van der Waals surface area contributed by atoms with E-state index in [1.165, 1.54) is 30.3 Å². The molecule has 0 amide bonds. The molecule has 0 aliphatic rings. The molecule has 7 nitrogen and oxygen atoms in total. The van der Waals surface area contributed by atoms with Gasteiger partial charge in [-0.1, -0.05) is 41.5 Å². The van der Waals surface area contributed by atoms with Gasteiger partial charge in [0.1, 0.15) is 5.75 Å². The Balaban J connectivity index is 0.00000194. The topological polar surface area (TPSA) is 127 Å². The Morgan fingerprint density at radius 2 is 1.43 bits per heavy atom. The molecular formula is C27H36N2O5S. The third-order valence-corrected chi connectivity index (χ3v) is 6.93. The Bertz CT molecular complexity index is 1190. The predicted octanol–water partition coefficient (Wildman–Crippen LogP) is 5.25. The number of nitrogens with one attached hydrogen (secondary N) is 1. The fourth-order valence-electron chi connectivity index (χ4n) is 3.30. The number of aromatic hydroxyl groups is 1. The van der Waals surface area contributed by atoms with Crippen molar-refractivity contribution in [3.05, 3.63) is 63.6 Å². The number of sulfone groups is 1. The molecule has 190 valence electrons.